The summed E-state index contributed by atoms with van der Waals surface area (Å²) in [5, 5.41) is -0.621. The number of rotatable bonds is 3. The van der Waals surface area contributed by atoms with E-state index in [0.29, 0.717) is 17.7 Å². The van der Waals surface area contributed by atoms with Crippen LogP contribution in [-0.2, 0) is 11.0 Å². The van der Waals surface area contributed by atoms with Gasteiger partial charge >= 0.3 is 6.18 Å². The van der Waals surface area contributed by atoms with E-state index >= 15 is 0 Å². The molecule has 0 radical (unpaired) electrons. The van der Waals surface area contributed by atoms with Crippen LogP contribution in [-0.4, -0.2) is 11.1 Å². The Morgan fingerprint density at radius 2 is 1.70 bits per heavy atom. The normalized spacial score (nSPS) is 16.7. The number of amides is 2. The van der Waals surface area contributed by atoms with Crippen molar-refractivity contribution >= 4 is 34.7 Å². The van der Waals surface area contributed by atoms with E-state index in [1.807, 2.05) is 24.3 Å². The maximum Gasteiger partial charge on any atom is 0.416 e. The fourth-order valence-electron chi connectivity index (χ4n) is 2.64. The van der Waals surface area contributed by atoms with Gasteiger partial charge in [0.05, 0.1) is 16.2 Å². The number of anilines is 1. The van der Waals surface area contributed by atoms with Gasteiger partial charge in [0.25, 0.3) is 11.1 Å². The van der Waals surface area contributed by atoms with Crippen molar-refractivity contribution in [1.29, 1.82) is 0 Å². The SMILES string of the molecule is CC(C)c1ccc(/C=C2\SC(=O)N(c3cccc(C(F)(F)F)c3)C2=O)cc1. The molecule has 3 nitrogen and oxygen atoms in total. The Morgan fingerprint density at radius 3 is 2.30 bits per heavy atom. The highest BCUT2D eigenvalue weighted by Crippen LogP contribution is 2.38. The molecular weight excluding hydrogens is 375 g/mol. The molecule has 1 saturated heterocycles. The smallest absolute Gasteiger partial charge is 0.268 e. The average molecular weight is 391 g/mol. The molecule has 3 rings (SSSR count). The highest BCUT2D eigenvalue weighted by molar-refractivity contribution is 8.19. The number of carbonyl (C=O) groups is 2. The first-order valence-corrected chi connectivity index (χ1v) is 9.03. The minimum atomic E-state index is -4.55. The number of halogens is 3. The Kier molecular flexibility index (Phi) is 5.15. The molecule has 2 aromatic carbocycles. The summed E-state index contributed by atoms with van der Waals surface area (Å²) in [6.45, 7) is 4.13. The predicted octanol–water partition coefficient (Wildman–Crippen LogP) is 6.07. The predicted molar refractivity (Wildman–Crippen MR) is 100 cm³/mol. The molecule has 140 valence electrons. The van der Waals surface area contributed by atoms with Gasteiger partial charge in [0, 0.05) is 0 Å². The molecule has 0 bridgehead atoms. The van der Waals surface area contributed by atoms with Crippen molar-refractivity contribution < 1.29 is 22.8 Å². The van der Waals surface area contributed by atoms with Crippen LogP contribution < -0.4 is 4.90 Å². The van der Waals surface area contributed by atoms with E-state index in [2.05, 4.69) is 13.8 Å². The van der Waals surface area contributed by atoms with Crippen molar-refractivity contribution in [3.8, 4) is 0 Å². The Labute approximate surface area is 158 Å². The standard InChI is InChI=1S/C20H16F3NO2S/c1-12(2)14-8-6-13(7-9-14)10-17-18(25)24(19(26)27-17)16-5-3-4-15(11-16)20(21,22)23/h3-12H,1-2H3/b17-10-. The molecule has 0 aliphatic carbocycles. The number of benzene rings is 2. The van der Waals surface area contributed by atoms with Crippen molar-refractivity contribution in [2.45, 2.75) is 25.9 Å². The topological polar surface area (TPSA) is 37.4 Å². The second kappa shape index (κ2) is 7.23. The Hall–Kier alpha value is -2.54. The number of hydrogen-bond acceptors (Lipinski definition) is 3. The molecule has 2 amide bonds. The molecule has 0 N–H and O–H groups in total. The zero-order valence-corrected chi connectivity index (χ0v) is 15.4. The third-order valence-electron chi connectivity index (χ3n) is 4.13. The Bertz CT molecular complexity index is 918. The molecular formula is C20H16F3NO2S. The number of hydrogen-bond donors (Lipinski definition) is 0. The summed E-state index contributed by atoms with van der Waals surface area (Å²) >= 11 is 0.713. The van der Waals surface area contributed by atoms with Crippen molar-refractivity contribution in [3.05, 3.63) is 70.1 Å². The van der Waals surface area contributed by atoms with Gasteiger partial charge in [0.15, 0.2) is 0 Å². The van der Waals surface area contributed by atoms with Crippen LogP contribution in [0.3, 0.4) is 0 Å². The zero-order chi connectivity index (χ0) is 19.8. The lowest BCUT2D eigenvalue weighted by molar-refractivity contribution is -0.137. The summed E-state index contributed by atoms with van der Waals surface area (Å²) in [7, 11) is 0. The molecule has 0 atom stereocenters. The van der Waals surface area contributed by atoms with Gasteiger partial charge in [0.1, 0.15) is 0 Å². The highest BCUT2D eigenvalue weighted by Gasteiger charge is 2.38. The first-order chi connectivity index (χ1) is 12.7. The van der Waals surface area contributed by atoms with E-state index in [-0.39, 0.29) is 10.6 Å². The van der Waals surface area contributed by atoms with E-state index < -0.39 is 22.9 Å². The van der Waals surface area contributed by atoms with Crippen molar-refractivity contribution in [1.82, 2.24) is 0 Å². The van der Waals surface area contributed by atoms with Crippen molar-refractivity contribution in [2.75, 3.05) is 4.90 Å². The molecule has 2 aromatic rings. The summed E-state index contributed by atoms with van der Waals surface area (Å²) in [6, 6.07) is 11.7. The van der Waals surface area contributed by atoms with Crippen LogP contribution in [0.25, 0.3) is 6.08 Å². The average Bonchev–Trinajstić information content (AvgIpc) is 2.88. The van der Waals surface area contributed by atoms with Crippen molar-refractivity contribution in [3.63, 3.8) is 0 Å². The lowest BCUT2D eigenvalue weighted by Gasteiger charge is -2.14. The van der Waals surface area contributed by atoms with Gasteiger partial charge in [-0.25, -0.2) is 4.90 Å². The number of alkyl halides is 3. The minimum absolute atomic E-state index is 0.0918. The number of thioether (sulfide) groups is 1. The van der Waals surface area contributed by atoms with Crippen molar-refractivity contribution in [2.24, 2.45) is 0 Å². The van der Waals surface area contributed by atoms with Gasteiger partial charge in [-0.1, -0.05) is 44.2 Å². The molecule has 7 heteroatoms. The Morgan fingerprint density at radius 1 is 1.04 bits per heavy atom. The first kappa shape index (κ1) is 19.2. The largest absolute Gasteiger partial charge is 0.416 e. The van der Waals surface area contributed by atoms with Crippen LogP contribution in [0.15, 0.2) is 53.4 Å². The van der Waals surface area contributed by atoms with E-state index in [1.54, 1.807) is 6.08 Å². The van der Waals surface area contributed by atoms with Crippen LogP contribution in [0.5, 0.6) is 0 Å². The molecule has 1 heterocycles. The van der Waals surface area contributed by atoms with E-state index in [1.165, 1.54) is 12.1 Å². The number of nitrogens with zero attached hydrogens (tertiary/aromatic N) is 1. The molecule has 0 aromatic heterocycles. The maximum absolute atomic E-state index is 12.9. The van der Waals surface area contributed by atoms with Gasteiger partial charge in [-0.2, -0.15) is 13.2 Å². The van der Waals surface area contributed by atoms with Gasteiger partial charge in [-0.3, -0.25) is 9.59 Å². The van der Waals surface area contributed by atoms with Gasteiger partial charge in [0.2, 0.25) is 0 Å². The van der Waals surface area contributed by atoms with Crippen LogP contribution in [0, 0.1) is 0 Å². The molecule has 1 aliphatic rings. The monoisotopic (exact) mass is 391 g/mol. The van der Waals surface area contributed by atoms with Crippen LogP contribution in [0.1, 0.15) is 36.5 Å². The van der Waals surface area contributed by atoms with E-state index in [9.17, 15) is 22.8 Å². The molecule has 1 aliphatic heterocycles. The minimum Gasteiger partial charge on any atom is -0.268 e. The third kappa shape index (κ3) is 4.08. The maximum atomic E-state index is 12.9. The lowest BCUT2D eigenvalue weighted by Crippen LogP contribution is -2.28. The third-order valence-corrected chi connectivity index (χ3v) is 5.00. The number of carbonyl (C=O) groups excluding carboxylic acids is 2. The molecule has 1 fully saturated rings. The highest BCUT2D eigenvalue weighted by atomic mass is 32.2. The summed E-state index contributed by atoms with van der Waals surface area (Å²) < 4.78 is 38.7. The summed E-state index contributed by atoms with van der Waals surface area (Å²) in [4.78, 5) is 25.8. The molecule has 0 saturated carbocycles. The summed E-state index contributed by atoms with van der Waals surface area (Å²) in [6.07, 6.45) is -2.98. The quantitative estimate of drug-likeness (QED) is 0.596. The van der Waals surface area contributed by atoms with E-state index in [4.69, 9.17) is 0 Å². The molecule has 27 heavy (non-hydrogen) atoms. The van der Waals surface area contributed by atoms with Crippen LogP contribution >= 0.6 is 11.8 Å². The fourth-order valence-corrected chi connectivity index (χ4v) is 3.48. The summed E-state index contributed by atoms with van der Waals surface area (Å²) in [5.41, 5.74) is 0.886. The van der Waals surface area contributed by atoms with Gasteiger partial charge < -0.3 is 0 Å². The van der Waals surface area contributed by atoms with Gasteiger partial charge in [-0.05, 0) is 53.1 Å². The Balaban J connectivity index is 1.89. The summed E-state index contributed by atoms with van der Waals surface area (Å²) in [5.74, 6) is -0.260. The van der Waals surface area contributed by atoms with Gasteiger partial charge in [-0.15, -0.1) is 0 Å². The second-order valence-electron chi connectivity index (χ2n) is 6.39. The zero-order valence-electron chi connectivity index (χ0n) is 14.6. The molecule has 0 spiro atoms. The molecule has 0 unspecified atom stereocenters. The first-order valence-electron chi connectivity index (χ1n) is 8.22. The second-order valence-corrected chi connectivity index (χ2v) is 7.38. The van der Waals surface area contributed by atoms with Crippen LogP contribution in [0.4, 0.5) is 23.7 Å². The van der Waals surface area contributed by atoms with E-state index in [0.717, 1.165) is 28.2 Å². The lowest BCUT2D eigenvalue weighted by atomic mass is 10.0. The fraction of sp³-hybridized carbons (Fsp3) is 0.200. The number of imide groups is 1. The van der Waals surface area contributed by atoms with Crippen LogP contribution in [0.2, 0.25) is 0 Å².